The number of benzene rings is 1. The van der Waals surface area contributed by atoms with Crippen molar-refractivity contribution in [1.82, 2.24) is 34.5 Å². The van der Waals surface area contributed by atoms with Gasteiger partial charge in [0.1, 0.15) is 18.2 Å². The topological polar surface area (TPSA) is 138 Å². The Bertz CT molecular complexity index is 1620. The lowest BCUT2D eigenvalue weighted by Crippen LogP contribution is -2.52. The van der Waals surface area contributed by atoms with Crippen LogP contribution in [-0.2, 0) is 12.1 Å². The molecule has 1 aliphatic rings. The molecule has 1 saturated heterocycles. The maximum atomic E-state index is 14.0. The molecule has 1 atom stereocenters. The van der Waals surface area contributed by atoms with Gasteiger partial charge in [0.05, 0.1) is 41.7 Å². The first-order chi connectivity index (χ1) is 18.4. The van der Waals surface area contributed by atoms with Gasteiger partial charge in [-0.25, -0.2) is 33.7 Å². The summed E-state index contributed by atoms with van der Waals surface area (Å²) < 4.78 is 29.5. The number of piperidine rings is 1. The number of hydrogen-bond donors (Lipinski definition) is 2. The summed E-state index contributed by atoms with van der Waals surface area (Å²) in [5.74, 6) is -1.55. The molecule has 0 amide bonds. The number of imidazole rings is 1. The highest BCUT2D eigenvalue weighted by Gasteiger charge is 2.35. The van der Waals surface area contributed by atoms with E-state index in [1.807, 2.05) is 16.7 Å². The van der Waals surface area contributed by atoms with E-state index in [1.54, 1.807) is 18.7 Å². The Morgan fingerprint density at radius 1 is 0.974 bits per heavy atom. The number of nitrogen functional groups attached to an aromatic ring is 1. The minimum Gasteiger partial charge on any atom is -0.382 e. The van der Waals surface area contributed by atoms with Crippen LogP contribution in [0.1, 0.15) is 24.1 Å². The zero-order valence-corrected chi connectivity index (χ0v) is 20.3. The molecule has 1 aromatic carbocycles. The van der Waals surface area contributed by atoms with Gasteiger partial charge in [0.2, 0.25) is 0 Å². The third-order valence-electron chi connectivity index (χ3n) is 6.91. The third kappa shape index (κ3) is 4.28. The van der Waals surface area contributed by atoms with Gasteiger partial charge < -0.3 is 20.9 Å². The van der Waals surface area contributed by atoms with E-state index in [4.69, 9.17) is 11.5 Å². The zero-order chi connectivity index (χ0) is 26.3. The first-order valence-corrected chi connectivity index (χ1v) is 12.1. The van der Waals surface area contributed by atoms with Crippen molar-refractivity contribution in [1.29, 1.82) is 0 Å². The van der Waals surface area contributed by atoms with Gasteiger partial charge in [0, 0.05) is 24.8 Å². The van der Waals surface area contributed by atoms with Gasteiger partial charge in [-0.15, -0.1) is 0 Å². The molecule has 0 saturated carbocycles. The highest BCUT2D eigenvalue weighted by molar-refractivity contribution is 5.81. The maximum Gasteiger partial charge on any atom is 0.165 e. The van der Waals surface area contributed by atoms with Gasteiger partial charge in [-0.05, 0) is 48.7 Å². The second-order valence-corrected chi connectivity index (χ2v) is 9.41. The van der Waals surface area contributed by atoms with Crippen LogP contribution >= 0.6 is 0 Å². The number of fused-ring (bicyclic) bond motifs is 1. The molecule has 1 fully saturated rings. The summed E-state index contributed by atoms with van der Waals surface area (Å²) in [6.07, 6.45) is 9.62. The molecular weight excluding hydrogens is 490 g/mol. The summed E-state index contributed by atoms with van der Waals surface area (Å²) in [4.78, 5) is 28.0. The van der Waals surface area contributed by atoms with E-state index in [2.05, 4.69) is 34.8 Å². The Labute approximate surface area is 216 Å². The van der Waals surface area contributed by atoms with Crippen LogP contribution in [0.25, 0.3) is 22.4 Å². The van der Waals surface area contributed by atoms with Crippen molar-refractivity contribution in [2.75, 3.05) is 23.7 Å². The molecule has 1 unspecified atom stereocenters. The van der Waals surface area contributed by atoms with Gasteiger partial charge in [-0.2, -0.15) is 0 Å². The normalized spacial score (nSPS) is 17.7. The number of nitrogens with two attached hydrogens (primary N) is 2. The average molecular weight is 515 g/mol. The van der Waals surface area contributed by atoms with E-state index in [9.17, 15) is 8.78 Å². The molecule has 38 heavy (non-hydrogen) atoms. The predicted molar refractivity (Wildman–Crippen MR) is 138 cm³/mol. The van der Waals surface area contributed by atoms with Gasteiger partial charge >= 0.3 is 0 Å². The molecule has 5 heterocycles. The molecular formula is C26H24F2N10. The molecule has 6 rings (SSSR count). The molecule has 0 radical (unpaired) electrons. The zero-order valence-electron chi connectivity index (χ0n) is 20.3. The molecule has 4 aromatic heterocycles. The van der Waals surface area contributed by atoms with E-state index in [1.165, 1.54) is 18.7 Å². The fourth-order valence-corrected chi connectivity index (χ4v) is 5.00. The average Bonchev–Trinajstić information content (AvgIpc) is 3.35. The number of anilines is 2. The van der Waals surface area contributed by atoms with Crippen molar-refractivity contribution in [3.8, 4) is 11.3 Å². The van der Waals surface area contributed by atoms with Crippen LogP contribution in [0, 0.1) is 11.6 Å². The van der Waals surface area contributed by atoms with Crippen LogP contribution in [0.3, 0.4) is 0 Å². The first-order valence-electron chi connectivity index (χ1n) is 12.1. The van der Waals surface area contributed by atoms with Gasteiger partial charge in [0.25, 0.3) is 0 Å². The lowest BCUT2D eigenvalue weighted by molar-refractivity contribution is 0.344. The highest BCUT2D eigenvalue weighted by atomic mass is 19.2. The van der Waals surface area contributed by atoms with E-state index in [0.29, 0.717) is 41.3 Å². The first kappa shape index (κ1) is 23.8. The van der Waals surface area contributed by atoms with Crippen molar-refractivity contribution in [2.24, 2.45) is 5.73 Å². The van der Waals surface area contributed by atoms with Crippen LogP contribution in [0.5, 0.6) is 0 Å². The predicted octanol–water partition coefficient (Wildman–Crippen LogP) is 3.04. The van der Waals surface area contributed by atoms with E-state index >= 15 is 0 Å². The van der Waals surface area contributed by atoms with E-state index in [0.717, 1.165) is 48.5 Å². The van der Waals surface area contributed by atoms with Gasteiger partial charge in [-0.1, -0.05) is 0 Å². The summed E-state index contributed by atoms with van der Waals surface area (Å²) in [5, 5.41) is 0. The lowest BCUT2D eigenvalue weighted by atomic mass is 9.86. The van der Waals surface area contributed by atoms with Crippen molar-refractivity contribution >= 4 is 22.7 Å². The fraction of sp³-hybridized carbons (Fsp3) is 0.231. The van der Waals surface area contributed by atoms with Gasteiger partial charge in [-0.3, -0.25) is 4.98 Å². The number of rotatable bonds is 5. The summed E-state index contributed by atoms with van der Waals surface area (Å²) >= 11 is 0. The van der Waals surface area contributed by atoms with Crippen molar-refractivity contribution in [2.45, 2.75) is 24.9 Å². The second kappa shape index (κ2) is 9.38. The van der Waals surface area contributed by atoms with Crippen molar-refractivity contribution < 1.29 is 8.78 Å². The standard InChI is InChI=1S/C26H24F2N10/c27-18-3-2-16(8-19(18)28)20-9-17(11-38-15-36-23-24(29)34-14-35-25(23)38)21(10-32-20)37-7-1-5-26(30,12-37)22-4-6-31-13-33-22/h2-4,6,8-10,13-15H,1,5,7,11-12,30H2,(H2,29,34,35). The molecule has 192 valence electrons. The molecule has 5 aromatic rings. The molecule has 0 bridgehead atoms. The van der Waals surface area contributed by atoms with Crippen LogP contribution in [0.4, 0.5) is 20.3 Å². The van der Waals surface area contributed by atoms with Crippen molar-refractivity contribution in [3.05, 3.63) is 84.6 Å². The second-order valence-electron chi connectivity index (χ2n) is 9.41. The molecule has 10 nitrogen and oxygen atoms in total. The maximum absolute atomic E-state index is 14.0. The fourth-order valence-electron chi connectivity index (χ4n) is 5.00. The molecule has 12 heteroatoms. The molecule has 1 aliphatic heterocycles. The minimum atomic E-state index is -0.934. The lowest BCUT2D eigenvalue weighted by Gasteiger charge is -2.41. The Hall–Kier alpha value is -4.58. The molecule has 0 aliphatic carbocycles. The Morgan fingerprint density at radius 3 is 2.68 bits per heavy atom. The monoisotopic (exact) mass is 514 g/mol. The third-order valence-corrected chi connectivity index (χ3v) is 6.91. The Morgan fingerprint density at radius 2 is 1.87 bits per heavy atom. The number of halogens is 2. The van der Waals surface area contributed by atoms with Crippen LogP contribution in [0.15, 0.2) is 61.7 Å². The quantitative estimate of drug-likeness (QED) is 0.362. The number of aromatic nitrogens is 7. The SMILES string of the molecule is Nc1ncnc2c1ncn2Cc1cc(-c2ccc(F)c(F)c2)ncc1N1CCCC(N)(c2ccncn2)C1. The summed E-state index contributed by atoms with van der Waals surface area (Å²) in [5.41, 5.74) is 16.8. The summed E-state index contributed by atoms with van der Waals surface area (Å²) in [7, 11) is 0. The number of nitrogens with zero attached hydrogens (tertiary/aromatic N) is 8. The van der Waals surface area contributed by atoms with Crippen molar-refractivity contribution in [3.63, 3.8) is 0 Å². The van der Waals surface area contributed by atoms with Crippen LogP contribution in [-0.4, -0.2) is 47.6 Å². The van der Waals surface area contributed by atoms with Crippen LogP contribution < -0.4 is 16.4 Å². The summed E-state index contributed by atoms with van der Waals surface area (Å²) in [6, 6.07) is 7.46. The molecule has 4 N–H and O–H groups in total. The minimum absolute atomic E-state index is 0.292. The summed E-state index contributed by atoms with van der Waals surface area (Å²) in [6.45, 7) is 1.66. The number of pyridine rings is 1. The molecule has 0 spiro atoms. The smallest absolute Gasteiger partial charge is 0.165 e. The Balaban J connectivity index is 1.43. The Kier molecular flexibility index (Phi) is 5.87. The largest absolute Gasteiger partial charge is 0.382 e. The van der Waals surface area contributed by atoms with Gasteiger partial charge in [0.15, 0.2) is 23.1 Å². The van der Waals surface area contributed by atoms with E-state index in [-0.39, 0.29) is 0 Å². The van der Waals surface area contributed by atoms with E-state index < -0.39 is 17.2 Å². The van der Waals surface area contributed by atoms with Crippen LogP contribution in [0.2, 0.25) is 0 Å². The highest BCUT2D eigenvalue weighted by Crippen LogP contribution is 2.34. The number of hydrogen-bond acceptors (Lipinski definition) is 9.